The maximum absolute atomic E-state index is 13.2. The number of aliphatic carboxylic acids is 2. The summed E-state index contributed by atoms with van der Waals surface area (Å²) in [6.45, 7) is 8.60. The Morgan fingerprint density at radius 1 is 0.625 bits per heavy atom. The summed E-state index contributed by atoms with van der Waals surface area (Å²) in [5.41, 5.74) is 11.1. The maximum atomic E-state index is 13.2. The van der Waals surface area contributed by atoms with E-state index in [9.17, 15) is 33.6 Å². The van der Waals surface area contributed by atoms with Crippen molar-refractivity contribution >= 4 is 41.5 Å². The first-order valence-electron chi connectivity index (χ1n) is 13.1. The summed E-state index contributed by atoms with van der Waals surface area (Å²) >= 11 is 0. The van der Waals surface area contributed by atoms with Crippen LogP contribution in [-0.4, -0.2) is 81.9 Å². The molecule has 10 N–H and O–H groups in total. The van der Waals surface area contributed by atoms with Gasteiger partial charge in [-0.15, -0.1) is 0 Å². The molecule has 0 aliphatic heterocycles. The zero-order valence-electron chi connectivity index (χ0n) is 23.7. The average molecular weight is 573 g/mol. The smallest absolute Gasteiger partial charge is 0.325 e. The number of carbonyl (C=O) groups is 7. The normalized spacial score (nSPS) is 14.8. The van der Waals surface area contributed by atoms with Crippen LogP contribution in [0.15, 0.2) is 0 Å². The van der Waals surface area contributed by atoms with Crippen molar-refractivity contribution in [2.24, 2.45) is 23.3 Å². The predicted molar refractivity (Wildman–Crippen MR) is 143 cm³/mol. The van der Waals surface area contributed by atoms with E-state index in [1.54, 1.807) is 0 Å². The Kier molecular flexibility index (Phi) is 16.1. The lowest BCUT2D eigenvalue weighted by Gasteiger charge is -2.27. The SMILES string of the molecule is CC(C)C[C@H](NC(=O)[C@@H](N)CC(C)C)C(=O)N[C@@H](CCC(N)=O)C(=O)N[C@@H](CCC(=O)O)C(=O)N[C@@H](C)C(=O)O. The molecule has 0 fully saturated rings. The van der Waals surface area contributed by atoms with Gasteiger partial charge in [0.05, 0.1) is 6.04 Å². The minimum Gasteiger partial charge on any atom is -0.481 e. The molecule has 0 saturated carbocycles. The highest BCUT2D eigenvalue weighted by atomic mass is 16.4. The number of carboxylic acids is 2. The molecule has 5 atom stereocenters. The fourth-order valence-corrected chi connectivity index (χ4v) is 3.61. The number of primary amides is 1. The Morgan fingerprint density at radius 2 is 1.05 bits per heavy atom. The Balaban J connectivity index is 5.87. The zero-order valence-corrected chi connectivity index (χ0v) is 23.7. The summed E-state index contributed by atoms with van der Waals surface area (Å²) in [6.07, 6.45) is -0.910. The molecule has 0 spiro atoms. The van der Waals surface area contributed by atoms with Crippen LogP contribution in [0.5, 0.6) is 0 Å². The van der Waals surface area contributed by atoms with E-state index in [4.69, 9.17) is 21.7 Å². The van der Waals surface area contributed by atoms with Gasteiger partial charge in [-0.1, -0.05) is 27.7 Å². The highest BCUT2D eigenvalue weighted by Gasteiger charge is 2.32. The van der Waals surface area contributed by atoms with Crippen LogP contribution in [0, 0.1) is 11.8 Å². The molecule has 0 heterocycles. The molecule has 0 radical (unpaired) electrons. The third kappa shape index (κ3) is 15.0. The van der Waals surface area contributed by atoms with Crippen molar-refractivity contribution in [3.63, 3.8) is 0 Å². The van der Waals surface area contributed by atoms with Crippen LogP contribution in [0.4, 0.5) is 0 Å². The molecule has 15 nitrogen and oxygen atoms in total. The third-order valence-electron chi connectivity index (χ3n) is 5.72. The predicted octanol–water partition coefficient (Wildman–Crippen LogP) is -1.42. The number of carbonyl (C=O) groups excluding carboxylic acids is 5. The first-order chi connectivity index (χ1) is 18.4. The largest absolute Gasteiger partial charge is 0.481 e. The van der Waals surface area contributed by atoms with Crippen molar-refractivity contribution in [3.05, 3.63) is 0 Å². The molecule has 15 heteroatoms. The fraction of sp³-hybridized carbons (Fsp3) is 0.720. The minimum atomic E-state index is -1.46. The van der Waals surface area contributed by atoms with Gasteiger partial charge in [0.1, 0.15) is 24.2 Å². The zero-order chi connectivity index (χ0) is 31.2. The summed E-state index contributed by atoms with van der Waals surface area (Å²) in [5.74, 6) is -6.48. The molecule has 0 aromatic heterocycles. The number of nitrogens with two attached hydrogens (primary N) is 2. The molecule has 0 aromatic carbocycles. The second-order valence-corrected chi connectivity index (χ2v) is 10.6. The van der Waals surface area contributed by atoms with Gasteiger partial charge in [0.25, 0.3) is 0 Å². The third-order valence-corrected chi connectivity index (χ3v) is 5.72. The van der Waals surface area contributed by atoms with Crippen LogP contribution in [0.25, 0.3) is 0 Å². The average Bonchev–Trinajstić information content (AvgIpc) is 2.82. The van der Waals surface area contributed by atoms with Crippen molar-refractivity contribution in [3.8, 4) is 0 Å². The Labute approximate surface area is 233 Å². The topological polar surface area (TPSA) is 260 Å². The van der Waals surface area contributed by atoms with Gasteiger partial charge >= 0.3 is 11.9 Å². The van der Waals surface area contributed by atoms with Crippen LogP contribution in [0.2, 0.25) is 0 Å². The van der Waals surface area contributed by atoms with E-state index in [0.29, 0.717) is 6.42 Å². The van der Waals surface area contributed by atoms with Gasteiger partial charge in [0, 0.05) is 12.8 Å². The van der Waals surface area contributed by atoms with Crippen molar-refractivity contribution in [2.75, 3.05) is 0 Å². The summed E-state index contributed by atoms with van der Waals surface area (Å²) in [6, 6.07) is -6.12. The number of rotatable bonds is 19. The lowest BCUT2D eigenvalue weighted by atomic mass is 10.00. The van der Waals surface area contributed by atoms with Gasteiger partial charge < -0.3 is 42.9 Å². The lowest BCUT2D eigenvalue weighted by molar-refractivity contribution is -0.142. The Morgan fingerprint density at radius 3 is 1.48 bits per heavy atom. The van der Waals surface area contributed by atoms with Crippen molar-refractivity contribution in [1.29, 1.82) is 0 Å². The molecule has 0 aromatic rings. The molecule has 40 heavy (non-hydrogen) atoms. The van der Waals surface area contributed by atoms with Gasteiger partial charge in [-0.2, -0.15) is 0 Å². The van der Waals surface area contributed by atoms with E-state index in [1.807, 2.05) is 27.7 Å². The van der Waals surface area contributed by atoms with Crippen molar-refractivity contribution < 1.29 is 43.8 Å². The number of hydrogen-bond donors (Lipinski definition) is 8. The molecule has 0 aliphatic rings. The quantitative estimate of drug-likeness (QED) is 0.0895. The van der Waals surface area contributed by atoms with Crippen LogP contribution in [0.3, 0.4) is 0 Å². The van der Waals surface area contributed by atoms with Crippen LogP contribution < -0.4 is 32.7 Å². The van der Waals surface area contributed by atoms with Crippen LogP contribution >= 0.6 is 0 Å². The van der Waals surface area contributed by atoms with Gasteiger partial charge in [0.15, 0.2) is 0 Å². The number of carboxylic acid groups (broad SMARTS) is 2. The standard InChI is InChI=1S/C25H44N6O9/c1-12(2)10-15(26)21(35)31-18(11-13(3)4)24(38)30-16(6-8-19(27)32)23(37)29-17(7-9-20(33)34)22(36)28-14(5)25(39)40/h12-18H,6-11,26H2,1-5H3,(H2,27,32)(H,28,36)(H,29,37)(H,30,38)(H,31,35)(H,33,34)(H,39,40)/t14-,15-,16-,17-,18-/m0/s1. The summed E-state index contributed by atoms with van der Waals surface area (Å²) in [5, 5.41) is 27.6. The van der Waals surface area contributed by atoms with E-state index in [1.165, 1.54) is 6.92 Å². The van der Waals surface area contributed by atoms with E-state index in [0.717, 1.165) is 0 Å². The molecule has 5 amide bonds. The highest BCUT2D eigenvalue weighted by molar-refractivity contribution is 5.95. The summed E-state index contributed by atoms with van der Waals surface area (Å²) in [4.78, 5) is 85.1. The Hall–Kier alpha value is -3.75. The van der Waals surface area contributed by atoms with Gasteiger partial charge in [-0.3, -0.25) is 33.6 Å². The lowest BCUT2D eigenvalue weighted by Crippen LogP contribution is -2.58. The first-order valence-corrected chi connectivity index (χ1v) is 13.1. The summed E-state index contributed by atoms with van der Waals surface area (Å²) < 4.78 is 0. The van der Waals surface area contributed by atoms with Gasteiger partial charge in [-0.05, 0) is 44.4 Å². The molecular formula is C25H44N6O9. The molecule has 0 rings (SSSR count). The molecule has 228 valence electrons. The van der Waals surface area contributed by atoms with E-state index < -0.39 is 78.1 Å². The fourth-order valence-electron chi connectivity index (χ4n) is 3.61. The number of nitrogens with one attached hydrogen (secondary N) is 4. The number of hydrogen-bond acceptors (Lipinski definition) is 8. The first kappa shape index (κ1) is 36.2. The number of amides is 5. The van der Waals surface area contributed by atoms with Crippen molar-refractivity contribution in [2.45, 2.75) is 103 Å². The summed E-state index contributed by atoms with van der Waals surface area (Å²) in [7, 11) is 0. The van der Waals surface area contributed by atoms with E-state index in [2.05, 4.69) is 21.3 Å². The molecule has 0 bridgehead atoms. The van der Waals surface area contributed by atoms with Gasteiger partial charge in [-0.25, -0.2) is 0 Å². The monoisotopic (exact) mass is 572 g/mol. The molecule has 0 unspecified atom stereocenters. The highest BCUT2D eigenvalue weighted by Crippen LogP contribution is 2.10. The van der Waals surface area contributed by atoms with Crippen LogP contribution in [0.1, 0.15) is 73.1 Å². The molecule has 0 saturated heterocycles. The van der Waals surface area contributed by atoms with E-state index in [-0.39, 0.29) is 37.5 Å². The maximum Gasteiger partial charge on any atom is 0.325 e. The molecule has 0 aliphatic carbocycles. The molecular weight excluding hydrogens is 528 g/mol. The second-order valence-electron chi connectivity index (χ2n) is 10.6. The van der Waals surface area contributed by atoms with E-state index >= 15 is 0 Å². The van der Waals surface area contributed by atoms with Gasteiger partial charge in [0.2, 0.25) is 29.5 Å². The van der Waals surface area contributed by atoms with Crippen LogP contribution in [-0.2, 0) is 33.6 Å². The van der Waals surface area contributed by atoms with Crippen molar-refractivity contribution in [1.82, 2.24) is 21.3 Å². The Bertz CT molecular complexity index is 924. The second kappa shape index (κ2) is 17.8. The minimum absolute atomic E-state index is 0.0458.